The Bertz CT molecular complexity index is 1030. The highest BCUT2D eigenvalue weighted by Crippen LogP contribution is 2.31. The lowest BCUT2D eigenvalue weighted by atomic mass is 10.2. The SMILES string of the molecule is C=CCN(Cc1cnc(S(=O)(=O)Cc2cccc(OC)c2)n1CCOC)C(=O)C1CC1. The first-order valence-electron chi connectivity index (χ1n) is 10.2. The van der Waals surface area contributed by atoms with Crippen LogP contribution in [0, 0.1) is 5.92 Å². The molecule has 1 fully saturated rings. The summed E-state index contributed by atoms with van der Waals surface area (Å²) in [7, 11) is -0.640. The zero-order chi connectivity index (χ0) is 22.4. The van der Waals surface area contributed by atoms with Crippen molar-refractivity contribution in [2.24, 2.45) is 5.92 Å². The van der Waals surface area contributed by atoms with Gasteiger partial charge in [-0.3, -0.25) is 4.79 Å². The number of aromatic nitrogens is 2. The molecule has 168 valence electrons. The molecule has 0 spiro atoms. The molecule has 8 nitrogen and oxygen atoms in total. The molecule has 1 amide bonds. The van der Waals surface area contributed by atoms with Gasteiger partial charge in [-0.15, -0.1) is 6.58 Å². The third-order valence-corrected chi connectivity index (χ3v) is 6.73. The van der Waals surface area contributed by atoms with Gasteiger partial charge in [0.05, 0.1) is 37.9 Å². The number of sulfone groups is 1. The van der Waals surface area contributed by atoms with Gasteiger partial charge in [0.2, 0.25) is 20.9 Å². The maximum Gasteiger partial charge on any atom is 0.228 e. The zero-order valence-electron chi connectivity index (χ0n) is 18.0. The average Bonchev–Trinajstić information content (AvgIpc) is 3.52. The van der Waals surface area contributed by atoms with Gasteiger partial charge in [0.1, 0.15) is 5.75 Å². The van der Waals surface area contributed by atoms with E-state index in [2.05, 4.69) is 11.6 Å². The quantitative estimate of drug-likeness (QED) is 0.464. The molecule has 1 aliphatic rings. The minimum atomic E-state index is -3.73. The minimum Gasteiger partial charge on any atom is -0.497 e. The second-order valence-electron chi connectivity index (χ2n) is 7.57. The van der Waals surface area contributed by atoms with Gasteiger partial charge >= 0.3 is 0 Å². The molecule has 2 aromatic rings. The molecule has 0 unspecified atom stereocenters. The van der Waals surface area contributed by atoms with Gasteiger partial charge in [0, 0.05) is 26.1 Å². The second kappa shape index (κ2) is 10.1. The lowest BCUT2D eigenvalue weighted by Gasteiger charge is -2.22. The van der Waals surface area contributed by atoms with E-state index in [9.17, 15) is 13.2 Å². The fraction of sp³-hybridized carbons (Fsp3) is 0.455. The summed E-state index contributed by atoms with van der Waals surface area (Å²) in [6, 6.07) is 6.95. The molecule has 0 N–H and O–H groups in total. The van der Waals surface area contributed by atoms with Crippen LogP contribution in [0.3, 0.4) is 0 Å². The molecule has 0 bridgehead atoms. The van der Waals surface area contributed by atoms with Gasteiger partial charge in [-0.2, -0.15) is 0 Å². The minimum absolute atomic E-state index is 0.0280. The van der Waals surface area contributed by atoms with E-state index in [0.717, 1.165) is 12.8 Å². The molecule has 31 heavy (non-hydrogen) atoms. The van der Waals surface area contributed by atoms with E-state index in [-0.39, 0.29) is 29.3 Å². The lowest BCUT2D eigenvalue weighted by molar-refractivity contribution is -0.132. The van der Waals surface area contributed by atoms with E-state index in [0.29, 0.717) is 36.7 Å². The Morgan fingerprint density at radius 2 is 2.13 bits per heavy atom. The molecule has 9 heteroatoms. The fourth-order valence-corrected chi connectivity index (χ4v) is 4.91. The number of nitrogens with zero attached hydrogens (tertiary/aromatic N) is 3. The summed E-state index contributed by atoms with van der Waals surface area (Å²) >= 11 is 0. The van der Waals surface area contributed by atoms with Crippen molar-refractivity contribution in [2.45, 2.75) is 36.8 Å². The number of rotatable bonds is 12. The van der Waals surface area contributed by atoms with Crippen LogP contribution in [-0.2, 0) is 38.2 Å². The van der Waals surface area contributed by atoms with Crippen LogP contribution in [0.2, 0.25) is 0 Å². The second-order valence-corrected chi connectivity index (χ2v) is 9.45. The number of amides is 1. The summed E-state index contributed by atoms with van der Waals surface area (Å²) < 4.78 is 38.4. The van der Waals surface area contributed by atoms with E-state index in [4.69, 9.17) is 9.47 Å². The Labute approximate surface area is 183 Å². The van der Waals surface area contributed by atoms with Crippen LogP contribution in [0.4, 0.5) is 0 Å². The van der Waals surface area contributed by atoms with E-state index < -0.39 is 9.84 Å². The molecule has 1 aromatic carbocycles. The summed E-state index contributed by atoms with van der Waals surface area (Å²) in [4.78, 5) is 18.6. The summed E-state index contributed by atoms with van der Waals surface area (Å²) in [5, 5.41) is -0.0280. The monoisotopic (exact) mass is 447 g/mol. The highest BCUT2D eigenvalue weighted by atomic mass is 32.2. The van der Waals surface area contributed by atoms with Crippen molar-refractivity contribution in [2.75, 3.05) is 27.4 Å². The maximum atomic E-state index is 13.2. The van der Waals surface area contributed by atoms with Crippen molar-refractivity contribution in [3.63, 3.8) is 0 Å². The van der Waals surface area contributed by atoms with E-state index in [1.807, 2.05) is 0 Å². The first kappa shape index (κ1) is 23.0. The number of imidazole rings is 1. The predicted octanol–water partition coefficient (Wildman–Crippen LogP) is 2.44. The van der Waals surface area contributed by atoms with Crippen molar-refractivity contribution in [3.8, 4) is 5.75 Å². The van der Waals surface area contributed by atoms with E-state index in [1.165, 1.54) is 13.3 Å². The third kappa shape index (κ3) is 5.74. The van der Waals surface area contributed by atoms with Gasteiger partial charge < -0.3 is 18.9 Å². The normalized spacial score (nSPS) is 13.7. The Morgan fingerprint density at radius 3 is 2.77 bits per heavy atom. The standard InChI is InChI=1S/C22H29N3O5S/c1-4-10-24(21(26)18-8-9-18)15-19-14-23-22(25(19)11-12-29-2)31(27,28)16-17-6-5-7-20(13-17)30-3/h4-7,13-14,18H,1,8-12,15-16H2,2-3H3. The predicted molar refractivity (Wildman–Crippen MR) is 116 cm³/mol. The van der Waals surface area contributed by atoms with Crippen LogP contribution in [0.1, 0.15) is 24.1 Å². The molecular weight excluding hydrogens is 418 g/mol. The maximum absolute atomic E-state index is 13.2. The Balaban J connectivity index is 1.89. The highest BCUT2D eigenvalue weighted by Gasteiger charge is 2.34. The topological polar surface area (TPSA) is 90.7 Å². The molecule has 3 rings (SSSR count). The number of carbonyl (C=O) groups excluding carboxylic acids is 1. The average molecular weight is 448 g/mol. The first-order chi connectivity index (χ1) is 14.9. The smallest absolute Gasteiger partial charge is 0.228 e. The van der Waals surface area contributed by atoms with Crippen LogP contribution >= 0.6 is 0 Å². The molecule has 0 radical (unpaired) electrons. The fourth-order valence-electron chi connectivity index (χ4n) is 3.41. The Kier molecular flexibility index (Phi) is 7.50. The Hall–Kier alpha value is -2.65. The van der Waals surface area contributed by atoms with Crippen molar-refractivity contribution in [3.05, 3.63) is 54.4 Å². The van der Waals surface area contributed by atoms with E-state index in [1.54, 1.807) is 46.9 Å². The molecule has 1 saturated carbocycles. The van der Waals surface area contributed by atoms with Gasteiger partial charge in [-0.25, -0.2) is 13.4 Å². The van der Waals surface area contributed by atoms with Crippen molar-refractivity contribution >= 4 is 15.7 Å². The first-order valence-corrected chi connectivity index (χ1v) is 11.8. The van der Waals surface area contributed by atoms with Crippen molar-refractivity contribution in [1.82, 2.24) is 14.5 Å². The number of hydrogen-bond donors (Lipinski definition) is 0. The van der Waals surface area contributed by atoms with Gasteiger partial charge in [-0.05, 0) is 30.5 Å². The van der Waals surface area contributed by atoms with Crippen LogP contribution in [0.15, 0.2) is 48.3 Å². The van der Waals surface area contributed by atoms with Crippen molar-refractivity contribution < 1.29 is 22.7 Å². The van der Waals surface area contributed by atoms with Gasteiger partial charge in [-0.1, -0.05) is 18.2 Å². The largest absolute Gasteiger partial charge is 0.497 e. The van der Waals surface area contributed by atoms with Gasteiger partial charge in [0.15, 0.2) is 0 Å². The summed E-state index contributed by atoms with van der Waals surface area (Å²) in [6.07, 6.45) is 5.01. The lowest BCUT2D eigenvalue weighted by Crippen LogP contribution is -2.33. The molecule has 0 saturated heterocycles. The molecule has 1 heterocycles. The van der Waals surface area contributed by atoms with E-state index >= 15 is 0 Å². The zero-order valence-corrected chi connectivity index (χ0v) is 18.8. The third-order valence-electron chi connectivity index (χ3n) is 5.13. The van der Waals surface area contributed by atoms with Crippen molar-refractivity contribution in [1.29, 1.82) is 0 Å². The van der Waals surface area contributed by atoms with Crippen LogP contribution in [0.5, 0.6) is 5.75 Å². The highest BCUT2D eigenvalue weighted by molar-refractivity contribution is 7.90. The van der Waals surface area contributed by atoms with Gasteiger partial charge in [0.25, 0.3) is 0 Å². The molecule has 1 aliphatic carbocycles. The molecule has 0 aliphatic heterocycles. The number of ether oxygens (including phenoxy) is 2. The summed E-state index contributed by atoms with van der Waals surface area (Å²) in [6.45, 7) is 5.05. The molecule has 0 atom stereocenters. The molecular formula is C22H29N3O5S. The van der Waals surface area contributed by atoms with Crippen LogP contribution in [-0.4, -0.2) is 56.1 Å². The number of benzene rings is 1. The molecule has 1 aromatic heterocycles. The number of hydrogen-bond acceptors (Lipinski definition) is 6. The van der Waals surface area contributed by atoms with Crippen LogP contribution < -0.4 is 4.74 Å². The summed E-state index contributed by atoms with van der Waals surface area (Å²) in [5.41, 5.74) is 1.26. The Morgan fingerprint density at radius 1 is 1.35 bits per heavy atom. The summed E-state index contributed by atoms with van der Waals surface area (Å²) in [5.74, 6) is 0.520. The number of methoxy groups -OCH3 is 2. The van der Waals surface area contributed by atoms with Crippen LogP contribution in [0.25, 0.3) is 0 Å². The number of carbonyl (C=O) groups is 1.